The van der Waals surface area contributed by atoms with Crippen molar-refractivity contribution in [3.05, 3.63) is 24.3 Å². The van der Waals surface area contributed by atoms with Crippen LogP contribution in [0.2, 0.25) is 0 Å². The molecule has 1 aromatic rings. The second-order valence-corrected chi connectivity index (χ2v) is 6.33. The Labute approximate surface area is 135 Å². The smallest absolute Gasteiger partial charge is 0.271 e. The third-order valence-electron chi connectivity index (χ3n) is 4.98. The van der Waals surface area contributed by atoms with E-state index in [-0.39, 0.29) is 22.9 Å². The molecular formula is C16H23N5O2. The fraction of sp³-hybridized carbons (Fsp3) is 0.625. The maximum atomic E-state index is 12.6. The molecule has 0 unspecified atom stereocenters. The molecule has 3 rings (SSSR count). The average molecular weight is 317 g/mol. The van der Waals surface area contributed by atoms with Crippen LogP contribution in [0.15, 0.2) is 18.6 Å². The van der Waals surface area contributed by atoms with E-state index in [0.29, 0.717) is 19.0 Å². The van der Waals surface area contributed by atoms with Gasteiger partial charge in [-0.25, -0.2) is 4.98 Å². The van der Waals surface area contributed by atoms with E-state index < -0.39 is 0 Å². The maximum Gasteiger partial charge on any atom is 0.271 e. The third kappa shape index (κ3) is 3.34. The average Bonchev–Trinajstić information content (AvgIpc) is 3.04. The van der Waals surface area contributed by atoms with Crippen LogP contribution in [0.1, 0.15) is 36.2 Å². The molecule has 1 aliphatic carbocycles. The Bertz CT molecular complexity index is 565. The van der Waals surface area contributed by atoms with E-state index in [1.54, 1.807) is 0 Å². The highest BCUT2D eigenvalue weighted by molar-refractivity contribution is 5.91. The fourth-order valence-electron chi connectivity index (χ4n) is 3.73. The molecule has 1 aliphatic heterocycles. The molecule has 1 saturated heterocycles. The molecule has 0 bridgehead atoms. The first kappa shape index (κ1) is 15.9. The van der Waals surface area contributed by atoms with Crippen LogP contribution in [0, 0.1) is 11.3 Å². The van der Waals surface area contributed by atoms with Crippen LogP contribution in [0.5, 0.6) is 0 Å². The van der Waals surface area contributed by atoms with Crippen molar-refractivity contribution < 1.29 is 9.59 Å². The van der Waals surface area contributed by atoms with Gasteiger partial charge in [0.05, 0.1) is 11.6 Å². The number of amides is 2. The molecule has 2 atom stereocenters. The Balaban J connectivity index is 1.45. The molecule has 0 spiro atoms. The van der Waals surface area contributed by atoms with Crippen LogP contribution in [-0.2, 0) is 4.79 Å². The molecule has 0 radical (unpaired) electrons. The molecule has 1 aromatic heterocycles. The van der Waals surface area contributed by atoms with Crippen molar-refractivity contribution in [2.75, 3.05) is 26.2 Å². The van der Waals surface area contributed by atoms with Gasteiger partial charge in [-0.1, -0.05) is 12.8 Å². The Hall–Kier alpha value is -2.02. The van der Waals surface area contributed by atoms with Gasteiger partial charge >= 0.3 is 0 Å². The summed E-state index contributed by atoms with van der Waals surface area (Å²) in [5, 5.41) is 9.10. The molecular weight excluding hydrogens is 294 g/mol. The lowest BCUT2D eigenvalue weighted by Gasteiger charge is -2.37. The van der Waals surface area contributed by atoms with Crippen LogP contribution in [0.25, 0.3) is 0 Å². The van der Waals surface area contributed by atoms with Crippen LogP contribution in [0.3, 0.4) is 0 Å². The predicted octanol–water partition coefficient (Wildman–Crippen LogP) is 0.102. The largest absolute Gasteiger partial charge is 0.354 e. The first-order valence-electron chi connectivity index (χ1n) is 8.25. The highest BCUT2D eigenvalue weighted by Crippen LogP contribution is 2.43. The number of carbonyl (C=O) groups excluding carboxylic acids is 2. The maximum absolute atomic E-state index is 12.6. The zero-order chi connectivity index (χ0) is 16.1. The van der Waals surface area contributed by atoms with E-state index in [2.05, 4.69) is 25.9 Å². The number of aromatic nitrogens is 2. The minimum Gasteiger partial charge on any atom is -0.354 e. The number of hydrogen-bond acceptors (Lipinski definition) is 5. The molecule has 124 valence electrons. The molecule has 7 heteroatoms. The zero-order valence-electron chi connectivity index (χ0n) is 13.2. The molecule has 2 heterocycles. The number of hydrogen-bond donors (Lipinski definition) is 3. The summed E-state index contributed by atoms with van der Waals surface area (Å²) in [6.07, 6.45) is 8.85. The van der Waals surface area contributed by atoms with Crippen LogP contribution >= 0.6 is 0 Å². The van der Waals surface area contributed by atoms with Gasteiger partial charge in [-0.15, -0.1) is 0 Å². The first-order valence-corrected chi connectivity index (χ1v) is 8.25. The lowest BCUT2D eigenvalue weighted by Crippen LogP contribution is -2.49. The molecule has 2 aliphatic rings. The van der Waals surface area contributed by atoms with Gasteiger partial charge in [-0.05, 0) is 25.3 Å². The van der Waals surface area contributed by atoms with Gasteiger partial charge in [0.25, 0.3) is 5.91 Å². The Morgan fingerprint density at radius 2 is 2.13 bits per heavy atom. The van der Waals surface area contributed by atoms with Crippen molar-refractivity contribution in [1.82, 2.24) is 25.9 Å². The summed E-state index contributed by atoms with van der Waals surface area (Å²) in [4.78, 5) is 32.3. The second-order valence-electron chi connectivity index (χ2n) is 6.33. The van der Waals surface area contributed by atoms with Crippen molar-refractivity contribution >= 4 is 11.8 Å². The van der Waals surface area contributed by atoms with Crippen LogP contribution in [-0.4, -0.2) is 48.0 Å². The first-order chi connectivity index (χ1) is 11.2. The van der Waals surface area contributed by atoms with E-state index >= 15 is 0 Å². The number of rotatable bonds is 5. The van der Waals surface area contributed by atoms with Crippen LogP contribution < -0.4 is 16.0 Å². The fourth-order valence-corrected chi connectivity index (χ4v) is 3.73. The van der Waals surface area contributed by atoms with Gasteiger partial charge in [0.2, 0.25) is 5.91 Å². The Kier molecular flexibility index (Phi) is 4.85. The lowest BCUT2D eigenvalue weighted by atomic mass is 9.67. The number of fused-ring (bicyclic) bond motifs is 1. The minimum atomic E-state index is -0.274. The molecule has 7 nitrogen and oxygen atoms in total. The number of nitrogens with zero attached hydrogens (tertiary/aromatic N) is 2. The number of carbonyl (C=O) groups is 2. The van der Waals surface area contributed by atoms with Crippen molar-refractivity contribution in [2.24, 2.45) is 11.3 Å². The molecule has 0 aromatic carbocycles. The van der Waals surface area contributed by atoms with E-state index in [1.807, 2.05) is 0 Å². The Morgan fingerprint density at radius 3 is 2.96 bits per heavy atom. The van der Waals surface area contributed by atoms with Gasteiger partial charge in [0.1, 0.15) is 5.69 Å². The summed E-state index contributed by atoms with van der Waals surface area (Å²) in [6, 6.07) is 0. The van der Waals surface area contributed by atoms with Gasteiger partial charge in [0, 0.05) is 32.0 Å². The monoisotopic (exact) mass is 317 g/mol. The quantitative estimate of drug-likeness (QED) is 0.670. The third-order valence-corrected chi connectivity index (χ3v) is 4.98. The van der Waals surface area contributed by atoms with E-state index in [4.69, 9.17) is 0 Å². The normalized spacial score (nSPS) is 26.3. The van der Waals surface area contributed by atoms with Crippen molar-refractivity contribution in [3.63, 3.8) is 0 Å². The molecule has 2 fully saturated rings. The summed E-state index contributed by atoms with van der Waals surface area (Å²) in [5.41, 5.74) is 0.0393. The predicted molar refractivity (Wildman–Crippen MR) is 84.6 cm³/mol. The standard InChI is InChI=1S/C16H23N5O2/c22-14(13-10-17-5-6-19-13)20-7-8-21-15(23)16-4-2-1-3-12(16)9-18-11-16/h5-6,10,12,18H,1-4,7-9,11H2,(H,20,22)(H,21,23)/t12-,16+/m0/s1. The van der Waals surface area contributed by atoms with Crippen molar-refractivity contribution in [2.45, 2.75) is 25.7 Å². The molecule has 3 N–H and O–H groups in total. The lowest BCUT2D eigenvalue weighted by molar-refractivity contribution is -0.133. The van der Waals surface area contributed by atoms with E-state index in [1.165, 1.54) is 25.0 Å². The summed E-state index contributed by atoms with van der Waals surface area (Å²) in [7, 11) is 0. The van der Waals surface area contributed by atoms with E-state index in [9.17, 15) is 9.59 Å². The molecule has 2 amide bonds. The van der Waals surface area contributed by atoms with E-state index in [0.717, 1.165) is 32.4 Å². The highest BCUT2D eigenvalue weighted by Gasteiger charge is 2.49. The zero-order valence-corrected chi connectivity index (χ0v) is 13.2. The summed E-state index contributed by atoms with van der Waals surface area (Å²) >= 11 is 0. The Morgan fingerprint density at radius 1 is 1.26 bits per heavy atom. The number of nitrogens with one attached hydrogen (secondary N) is 3. The van der Waals surface area contributed by atoms with Gasteiger partial charge in [0.15, 0.2) is 0 Å². The van der Waals surface area contributed by atoms with Gasteiger partial charge in [-0.2, -0.15) is 0 Å². The second kappa shape index (κ2) is 7.04. The van der Waals surface area contributed by atoms with Crippen LogP contribution in [0.4, 0.5) is 0 Å². The summed E-state index contributed by atoms with van der Waals surface area (Å²) in [6.45, 7) is 2.53. The summed E-state index contributed by atoms with van der Waals surface area (Å²) < 4.78 is 0. The highest BCUT2D eigenvalue weighted by atomic mass is 16.2. The topological polar surface area (TPSA) is 96.0 Å². The molecule has 23 heavy (non-hydrogen) atoms. The SMILES string of the molecule is O=C(NCCNC(=O)[C@@]12CCCC[C@H]1CNC2)c1cnccn1. The molecule has 1 saturated carbocycles. The van der Waals surface area contributed by atoms with Gasteiger partial charge in [-0.3, -0.25) is 14.6 Å². The minimum absolute atomic E-state index is 0.126. The summed E-state index contributed by atoms with van der Waals surface area (Å²) in [5.74, 6) is 0.301. The van der Waals surface area contributed by atoms with Crippen molar-refractivity contribution in [1.29, 1.82) is 0 Å². The van der Waals surface area contributed by atoms with Gasteiger partial charge < -0.3 is 16.0 Å². The van der Waals surface area contributed by atoms with Crippen molar-refractivity contribution in [3.8, 4) is 0 Å².